The van der Waals surface area contributed by atoms with E-state index in [4.69, 9.17) is 0 Å². The van der Waals surface area contributed by atoms with Crippen LogP contribution >= 0.6 is 11.8 Å². The lowest BCUT2D eigenvalue weighted by molar-refractivity contribution is 0.0696. The van der Waals surface area contributed by atoms with Crippen molar-refractivity contribution in [2.75, 3.05) is 4.72 Å². The van der Waals surface area contributed by atoms with Crippen LogP contribution < -0.4 is 4.72 Å². The van der Waals surface area contributed by atoms with Gasteiger partial charge in [-0.3, -0.25) is 4.72 Å². The number of benzene rings is 3. The summed E-state index contributed by atoms with van der Waals surface area (Å²) in [5.41, 5.74) is 1.17. The van der Waals surface area contributed by atoms with Gasteiger partial charge in [-0.05, 0) is 66.6 Å². The molecule has 0 aliphatic rings. The molecule has 3 rings (SSSR count). The van der Waals surface area contributed by atoms with Crippen LogP contribution in [0, 0.1) is 18.6 Å². The molecule has 9 heteroatoms. The molecule has 156 valence electrons. The summed E-state index contributed by atoms with van der Waals surface area (Å²) in [4.78, 5) is 11.9. The van der Waals surface area contributed by atoms with Crippen molar-refractivity contribution in [2.45, 2.75) is 22.5 Å². The Hall–Kier alpha value is -2.91. The van der Waals surface area contributed by atoms with Crippen molar-refractivity contribution in [3.63, 3.8) is 0 Å². The molecule has 2 N–H and O–H groups in total. The number of anilines is 1. The average Bonchev–Trinajstić information content (AvgIpc) is 2.66. The first-order valence-electron chi connectivity index (χ1n) is 8.69. The van der Waals surface area contributed by atoms with Crippen LogP contribution in [0.25, 0.3) is 0 Å². The number of sulfonamides is 1. The Morgan fingerprint density at radius 1 is 1.00 bits per heavy atom. The number of nitrogens with one attached hydrogen (secondary N) is 1. The zero-order valence-corrected chi connectivity index (χ0v) is 17.4. The first kappa shape index (κ1) is 21.8. The van der Waals surface area contributed by atoms with Crippen molar-refractivity contribution in [3.05, 3.63) is 89.0 Å². The topological polar surface area (TPSA) is 83.5 Å². The van der Waals surface area contributed by atoms with Gasteiger partial charge in [0.25, 0.3) is 10.0 Å². The predicted molar refractivity (Wildman–Crippen MR) is 111 cm³/mol. The fraction of sp³-hybridized carbons (Fsp3) is 0.0952. The minimum Gasteiger partial charge on any atom is -0.478 e. The maximum Gasteiger partial charge on any atom is 0.335 e. The molecule has 3 aromatic carbocycles. The molecule has 0 aromatic heterocycles. The summed E-state index contributed by atoms with van der Waals surface area (Å²) in [5, 5.41) is 9.18. The second-order valence-electron chi connectivity index (χ2n) is 6.48. The normalized spacial score (nSPS) is 11.3. The molecule has 0 spiro atoms. The Bertz CT molecular complexity index is 1180. The summed E-state index contributed by atoms with van der Waals surface area (Å²) < 4.78 is 54.0. The summed E-state index contributed by atoms with van der Waals surface area (Å²) >= 11 is 1.34. The molecule has 0 heterocycles. The van der Waals surface area contributed by atoms with E-state index in [9.17, 15) is 27.1 Å². The number of halogens is 2. The van der Waals surface area contributed by atoms with Crippen LogP contribution in [-0.2, 0) is 15.8 Å². The monoisotopic (exact) mass is 449 g/mol. The quantitative estimate of drug-likeness (QED) is 0.493. The maximum absolute atomic E-state index is 13.2. The summed E-state index contributed by atoms with van der Waals surface area (Å²) in [7, 11) is -3.97. The smallest absolute Gasteiger partial charge is 0.335 e. The highest BCUT2D eigenvalue weighted by molar-refractivity contribution is 7.98. The molecule has 0 amide bonds. The van der Waals surface area contributed by atoms with Gasteiger partial charge >= 0.3 is 5.97 Å². The van der Waals surface area contributed by atoms with Crippen LogP contribution in [0.3, 0.4) is 0 Å². The van der Waals surface area contributed by atoms with Gasteiger partial charge in [0.15, 0.2) is 0 Å². The van der Waals surface area contributed by atoms with Crippen LogP contribution in [0.2, 0.25) is 0 Å². The lowest BCUT2D eigenvalue weighted by atomic mass is 10.1. The fourth-order valence-electron chi connectivity index (χ4n) is 2.69. The lowest BCUT2D eigenvalue weighted by Gasteiger charge is -2.10. The van der Waals surface area contributed by atoms with Gasteiger partial charge in [-0.15, -0.1) is 11.8 Å². The molecule has 3 aromatic rings. The standard InChI is InChI=1S/C21H17F2NO4S2/c1-13-2-7-19(11-20(13)21(25)26)30(27,28)24-17-3-5-18(6-4-17)29-12-14-8-15(22)10-16(23)9-14/h2-11,24H,12H2,1H3,(H,25,26). The molecule has 0 fully saturated rings. The molecule has 0 saturated heterocycles. The highest BCUT2D eigenvalue weighted by Gasteiger charge is 2.18. The van der Waals surface area contributed by atoms with Gasteiger partial charge in [-0.2, -0.15) is 0 Å². The number of aryl methyl sites for hydroxylation is 1. The van der Waals surface area contributed by atoms with E-state index in [1.54, 1.807) is 31.2 Å². The van der Waals surface area contributed by atoms with E-state index < -0.39 is 27.6 Å². The Labute approximate surface area is 176 Å². The van der Waals surface area contributed by atoms with Crippen molar-refractivity contribution in [1.82, 2.24) is 0 Å². The van der Waals surface area contributed by atoms with Gasteiger partial charge < -0.3 is 5.11 Å². The molecule has 0 atom stereocenters. The molecular formula is C21H17F2NO4S2. The molecule has 0 unspecified atom stereocenters. The summed E-state index contributed by atoms with van der Waals surface area (Å²) in [6.45, 7) is 1.59. The molecule has 5 nitrogen and oxygen atoms in total. The van der Waals surface area contributed by atoms with Crippen molar-refractivity contribution in [1.29, 1.82) is 0 Å². The molecule has 30 heavy (non-hydrogen) atoms. The SMILES string of the molecule is Cc1ccc(S(=O)(=O)Nc2ccc(SCc3cc(F)cc(F)c3)cc2)cc1C(=O)O. The summed E-state index contributed by atoms with van der Waals surface area (Å²) in [6, 6.07) is 13.7. The van der Waals surface area contributed by atoms with Crippen molar-refractivity contribution in [2.24, 2.45) is 0 Å². The molecule has 0 bridgehead atoms. The van der Waals surface area contributed by atoms with E-state index in [2.05, 4.69) is 4.72 Å². The van der Waals surface area contributed by atoms with Crippen molar-refractivity contribution in [3.8, 4) is 0 Å². The third kappa shape index (κ3) is 5.37. The first-order chi connectivity index (χ1) is 14.1. The fourth-order valence-corrected chi connectivity index (χ4v) is 4.61. The van der Waals surface area contributed by atoms with Gasteiger partial charge in [0.2, 0.25) is 0 Å². The van der Waals surface area contributed by atoms with E-state index in [-0.39, 0.29) is 10.5 Å². The van der Waals surface area contributed by atoms with E-state index >= 15 is 0 Å². The van der Waals surface area contributed by atoms with Crippen molar-refractivity contribution >= 4 is 33.4 Å². The minimum absolute atomic E-state index is 0.0848. The first-order valence-corrected chi connectivity index (χ1v) is 11.2. The largest absolute Gasteiger partial charge is 0.478 e. The Morgan fingerprint density at radius 3 is 2.23 bits per heavy atom. The van der Waals surface area contributed by atoms with Crippen LogP contribution in [0.15, 0.2) is 70.5 Å². The van der Waals surface area contributed by atoms with Gasteiger partial charge in [-0.1, -0.05) is 6.07 Å². The number of hydrogen-bond donors (Lipinski definition) is 2. The number of rotatable bonds is 7. The van der Waals surface area contributed by atoms with E-state index in [0.29, 0.717) is 22.6 Å². The Morgan fingerprint density at radius 2 is 1.63 bits per heavy atom. The zero-order valence-electron chi connectivity index (χ0n) is 15.7. The number of hydrogen-bond acceptors (Lipinski definition) is 4. The highest BCUT2D eigenvalue weighted by Crippen LogP contribution is 2.26. The van der Waals surface area contributed by atoms with Gasteiger partial charge in [-0.25, -0.2) is 22.0 Å². The van der Waals surface area contributed by atoms with Crippen LogP contribution in [0.5, 0.6) is 0 Å². The van der Waals surface area contributed by atoms with Crippen molar-refractivity contribution < 1.29 is 27.1 Å². The number of carbonyl (C=O) groups is 1. The summed E-state index contributed by atoms with van der Waals surface area (Å²) in [5.74, 6) is -2.14. The van der Waals surface area contributed by atoms with Gasteiger partial charge in [0, 0.05) is 22.4 Å². The predicted octanol–water partition coefficient (Wildman–Crippen LogP) is 5.06. The number of thioether (sulfide) groups is 1. The number of carboxylic acids is 1. The minimum atomic E-state index is -3.97. The van der Waals surface area contributed by atoms with Crippen LogP contribution in [0.4, 0.5) is 14.5 Å². The lowest BCUT2D eigenvalue weighted by Crippen LogP contribution is -2.14. The number of aromatic carboxylic acids is 1. The third-order valence-corrected chi connectivity index (χ3v) is 6.65. The highest BCUT2D eigenvalue weighted by atomic mass is 32.2. The maximum atomic E-state index is 13.2. The number of carboxylic acid groups (broad SMARTS) is 1. The third-order valence-electron chi connectivity index (χ3n) is 4.18. The van der Waals surface area contributed by atoms with E-state index in [1.165, 1.54) is 36.0 Å². The second kappa shape index (κ2) is 8.85. The van der Waals surface area contributed by atoms with Gasteiger partial charge in [0.05, 0.1) is 10.5 Å². The Balaban J connectivity index is 1.70. The summed E-state index contributed by atoms with van der Waals surface area (Å²) in [6.07, 6.45) is 0. The second-order valence-corrected chi connectivity index (χ2v) is 9.21. The Kier molecular flexibility index (Phi) is 6.42. The van der Waals surface area contributed by atoms with E-state index in [0.717, 1.165) is 17.0 Å². The molecular weight excluding hydrogens is 432 g/mol. The van der Waals surface area contributed by atoms with Crippen LogP contribution in [0.1, 0.15) is 21.5 Å². The molecule has 0 aliphatic heterocycles. The molecule has 0 radical (unpaired) electrons. The van der Waals surface area contributed by atoms with Crippen LogP contribution in [-0.4, -0.2) is 19.5 Å². The van der Waals surface area contributed by atoms with E-state index in [1.807, 2.05) is 0 Å². The molecule has 0 saturated carbocycles. The average molecular weight is 450 g/mol. The zero-order chi connectivity index (χ0) is 21.9. The molecule has 0 aliphatic carbocycles. The van der Waals surface area contributed by atoms with Gasteiger partial charge in [0.1, 0.15) is 11.6 Å².